The van der Waals surface area contributed by atoms with Gasteiger partial charge in [-0.2, -0.15) is 0 Å². The molecule has 162 valence electrons. The van der Waals surface area contributed by atoms with Crippen molar-refractivity contribution in [2.45, 2.75) is 66.3 Å². The van der Waals surface area contributed by atoms with Crippen molar-refractivity contribution in [1.29, 1.82) is 0 Å². The summed E-state index contributed by atoms with van der Waals surface area (Å²) in [7, 11) is 0. The Labute approximate surface area is 189 Å². The van der Waals surface area contributed by atoms with Gasteiger partial charge in [-0.25, -0.2) is 0 Å². The first-order chi connectivity index (χ1) is 14.6. The number of nitrogens with one attached hydrogen (secondary N) is 1. The Bertz CT molecular complexity index is 1050. The molecule has 1 nitrogen and oxygen atoms in total. The van der Waals surface area contributed by atoms with Gasteiger partial charge < -0.3 is 5.32 Å². The molecule has 0 fully saturated rings. The molecule has 1 unspecified atom stereocenters. The first kappa shape index (κ1) is 22.9. The third-order valence-corrected chi connectivity index (χ3v) is 6.33. The van der Waals surface area contributed by atoms with Crippen molar-refractivity contribution in [3.8, 4) is 11.1 Å². The summed E-state index contributed by atoms with van der Waals surface area (Å²) in [5.41, 5.74) is 11.4. The lowest BCUT2D eigenvalue weighted by Gasteiger charge is -2.27. The standard InChI is InChI=1S/C30H37N/c1-9-28(29-20(2)14-13-15-21(29)3)31-23(5)26-18-25(30(6,7)8)19-27(22(26)4)24-16-11-10-12-17-24/h10-19,28,31H,5,9H2,1-4,6-8H3. The third kappa shape index (κ3) is 4.93. The first-order valence-electron chi connectivity index (χ1n) is 11.4. The molecule has 3 rings (SSSR count). The maximum Gasteiger partial charge on any atom is 0.0516 e. The van der Waals surface area contributed by atoms with E-state index in [4.69, 9.17) is 0 Å². The van der Waals surface area contributed by atoms with E-state index in [1.54, 1.807) is 0 Å². The fourth-order valence-electron chi connectivity index (χ4n) is 4.42. The monoisotopic (exact) mass is 411 g/mol. The van der Waals surface area contributed by atoms with Gasteiger partial charge in [0.2, 0.25) is 0 Å². The summed E-state index contributed by atoms with van der Waals surface area (Å²) in [5.74, 6) is 0. The van der Waals surface area contributed by atoms with Crippen LogP contribution >= 0.6 is 0 Å². The van der Waals surface area contributed by atoms with E-state index >= 15 is 0 Å². The second-order valence-corrected chi connectivity index (χ2v) is 9.70. The number of rotatable bonds is 6. The van der Waals surface area contributed by atoms with Crippen molar-refractivity contribution >= 4 is 5.70 Å². The highest BCUT2D eigenvalue weighted by Gasteiger charge is 2.21. The first-order valence-corrected chi connectivity index (χ1v) is 11.4. The summed E-state index contributed by atoms with van der Waals surface area (Å²) >= 11 is 0. The molecule has 0 aromatic heterocycles. The van der Waals surface area contributed by atoms with Crippen molar-refractivity contribution in [2.24, 2.45) is 0 Å². The fraction of sp³-hybridized carbons (Fsp3) is 0.333. The third-order valence-electron chi connectivity index (χ3n) is 6.33. The molecule has 0 aliphatic rings. The van der Waals surface area contributed by atoms with Crippen LogP contribution in [0.15, 0.2) is 67.2 Å². The van der Waals surface area contributed by atoms with Crippen LogP contribution in [-0.4, -0.2) is 0 Å². The minimum atomic E-state index is 0.0586. The van der Waals surface area contributed by atoms with Crippen molar-refractivity contribution in [2.75, 3.05) is 0 Å². The normalized spacial score (nSPS) is 12.5. The minimum absolute atomic E-state index is 0.0586. The number of hydrogen-bond donors (Lipinski definition) is 1. The summed E-state index contributed by atoms with van der Waals surface area (Å²) in [4.78, 5) is 0. The SMILES string of the molecule is C=C(NC(CC)c1c(C)cccc1C)c1cc(C(C)(C)C)cc(-c2ccccc2)c1C. The van der Waals surface area contributed by atoms with E-state index in [0.717, 1.165) is 12.1 Å². The van der Waals surface area contributed by atoms with E-state index in [1.807, 2.05) is 0 Å². The van der Waals surface area contributed by atoms with Gasteiger partial charge in [0.05, 0.1) is 6.04 Å². The van der Waals surface area contributed by atoms with Crippen LogP contribution in [0.25, 0.3) is 16.8 Å². The van der Waals surface area contributed by atoms with Gasteiger partial charge in [0, 0.05) is 11.3 Å². The van der Waals surface area contributed by atoms with E-state index in [-0.39, 0.29) is 11.5 Å². The zero-order valence-corrected chi connectivity index (χ0v) is 20.3. The van der Waals surface area contributed by atoms with Gasteiger partial charge in [-0.1, -0.05) is 88.9 Å². The molecule has 0 bridgehead atoms. The lowest BCUT2D eigenvalue weighted by atomic mass is 9.82. The highest BCUT2D eigenvalue weighted by atomic mass is 14.9. The van der Waals surface area contributed by atoms with Crippen molar-refractivity contribution in [3.05, 3.63) is 101 Å². The molecule has 3 aromatic carbocycles. The molecule has 0 spiro atoms. The van der Waals surface area contributed by atoms with E-state index in [0.29, 0.717) is 0 Å². The van der Waals surface area contributed by atoms with E-state index in [9.17, 15) is 0 Å². The van der Waals surface area contributed by atoms with Crippen LogP contribution in [0.2, 0.25) is 0 Å². The van der Waals surface area contributed by atoms with Crippen LogP contribution in [0, 0.1) is 20.8 Å². The Morgan fingerprint density at radius 2 is 1.52 bits per heavy atom. The highest BCUT2D eigenvalue weighted by Crippen LogP contribution is 2.35. The molecule has 0 saturated carbocycles. The largest absolute Gasteiger partial charge is 0.378 e. The topological polar surface area (TPSA) is 12.0 Å². The summed E-state index contributed by atoms with van der Waals surface area (Å²) in [6, 6.07) is 22.1. The Hall–Kier alpha value is -2.80. The van der Waals surface area contributed by atoms with Crippen molar-refractivity contribution < 1.29 is 0 Å². The summed E-state index contributed by atoms with van der Waals surface area (Å²) < 4.78 is 0. The quantitative estimate of drug-likeness (QED) is 0.430. The molecule has 1 atom stereocenters. The Kier molecular flexibility index (Phi) is 6.74. The lowest BCUT2D eigenvalue weighted by Crippen LogP contribution is -2.22. The smallest absolute Gasteiger partial charge is 0.0516 e. The molecule has 31 heavy (non-hydrogen) atoms. The maximum absolute atomic E-state index is 4.51. The second kappa shape index (κ2) is 9.14. The van der Waals surface area contributed by atoms with Crippen LogP contribution < -0.4 is 5.32 Å². The number of aryl methyl sites for hydroxylation is 2. The van der Waals surface area contributed by atoms with Crippen molar-refractivity contribution in [1.82, 2.24) is 5.32 Å². The van der Waals surface area contributed by atoms with Gasteiger partial charge in [0.1, 0.15) is 0 Å². The second-order valence-electron chi connectivity index (χ2n) is 9.70. The molecule has 0 heterocycles. The molecular weight excluding hydrogens is 374 g/mol. The van der Waals surface area contributed by atoms with E-state index in [1.165, 1.54) is 44.5 Å². The summed E-state index contributed by atoms with van der Waals surface area (Å²) in [6.07, 6.45) is 1.01. The maximum atomic E-state index is 4.51. The molecular formula is C30H37N. The van der Waals surface area contributed by atoms with Crippen LogP contribution in [0.3, 0.4) is 0 Å². The predicted octanol–water partition coefficient (Wildman–Crippen LogP) is 8.29. The van der Waals surface area contributed by atoms with Crippen molar-refractivity contribution in [3.63, 3.8) is 0 Å². The number of benzene rings is 3. The van der Waals surface area contributed by atoms with Crippen LogP contribution in [0.1, 0.15) is 73.5 Å². The predicted molar refractivity (Wildman–Crippen MR) is 136 cm³/mol. The van der Waals surface area contributed by atoms with Gasteiger partial charge in [-0.15, -0.1) is 0 Å². The van der Waals surface area contributed by atoms with E-state index in [2.05, 4.69) is 121 Å². The molecule has 1 N–H and O–H groups in total. The fourth-order valence-corrected chi connectivity index (χ4v) is 4.42. The summed E-state index contributed by atoms with van der Waals surface area (Å²) in [5, 5.41) is 3.78. The highest BCUT2D eigenvalue weighted by molar-refractivity contribution is 5.77. The van der Waals surface area contributed by atoms with Gasteiger partial charge >= 0.3 is 0 Å². The Balaban J connectivity index is 2.07. The molecule has 3 aromatic rings. The van der Waals surface area contributed by atoms with Crippen LogP contribution in [0.4, 0.5) is 0 Å². The molecule has 1 heteroatoms. The van der Waals surface area contributed by atoms with Gasteiger partial charge in [0.15, 0.2) is 0 Å². The van der Waals surface area contributed by atoms with Crippen LogP contribution in [-0.2, 0) is 5.41 Å². The molecule has 0 aliphatic heterocycles. The average Bonchev–Trinajstić information content (AvgIpc) is 2.72. The number of hydrogen-bond acceptors (Lipinski definition) is 1. The molecule has 0 radical (unpaired) electrons. The molecule has 0 amide bonds. The molecule has 0 aliphatic carbocycles. The zero-order chi connectivity index (χ0) is 22.8. The lowest BCUT2D eigenvalue weighted by molar-refractivity contribution is 0.588. The van der Waals surface area contributed by atoms with Crippen LogP contribution in [0.5, 0.6) is 0 Å². The van der Waals surface area contributed by atoms with Gasteiger partial charge in [-0.3, -0.25) is 0 Å². The van der Waals surface area contributed by atoms with Gasteiger partial charge in [0.25, 0.3) is 0 Å². The summed E-state index contributed by atoms with van der Waals surface area (Å²) in [6.45, 7) is 20.2. The Morgan fingerprint density at radius 1 is 0.903 bits per heavy atom. The Morgan fingerprint density at radius 3 is 2.06 bits per heavy atom. The average molecular weight is 412 g/mol. The van der Waals surface area contributed by atoms with Gasteiger partial charge in [-0.05, 0) is 77.6 Å². The van der Waals surface area contributed by atoms with E-state index < -0.39 is 0 Å². The minimum Gasteiger partial charge on any atom is -0.378 e. The molecule has 0 saturated heterocycles. The zero-order valence-electron chi connectivity index (χ0n) is 20.3.